The Labute approximate surface area is 55.6 Å². The third-order valence-corrected chi connectivity index (χ3v) is 2.28. The molecular weight excluding hydrogens is 114 g/mol. The van der Waals surface area contributed by atoms with E-state index in [1.807, 2.05) is 0 Å². The van der Waals surface area contributed by atoms with Crippen LogP contribution in [0.25, 0.3) is 0 Å². The molecule has 0 aromatic heterocycles. The quantitative estimate of drug-likeness (QED) is 0.512. The Kier molecular flexibility index (Phi) is 1.44. The second-order valence-corrected chi connectivity index (χ2v) is 2.90. The van der Waals surface area contributed by atoms with Crippen molar-refractivity contribution in [3.05, 3.63) is 0 Å². The van der Waals surface area contributed by atoms with E-state index in [9.17, 15) is 0 Å². The van der Waals surface area contributed by atoms with E-state index in [1.165, 1.54) is 25.8 Å². The fourth-order valence-corrected chi connectivity index (χ4v) is 1.76. The molecule has 0 aromatic rings. The minimum absolute atomic E-state index is 0.554. The van der Waals surface area contributed by atoms with Crippen molar-refractivity contribution in [3.8, 4) is 0 Å². The van der Waals surface area contributed by atoms with Crippen LogP contribution in [0.4, 0.5) is 0 Å². The molecule has 0 aromatic carbocycles. The molecule has 0 amide bonds. The normalized spacial score (nSPS) is 42.7. The molecule has 2 rings (SSSR count). The van der Waals surface area contributed by atoms with Crippen molar-refractivity contribution in [2.45, 2.75) is 31.4 Å². The number of nitrogens with one attached hydrogen (secondary N) is 1. The third-order valence-electron chi connectivity index (χ3n) is 2.28. The zero-order valence-electron chi connectivity index (χ0n) is 5.60. The topological polar surface area (TPSA) is 21.3 Å². The van der Waals surface area contributed by atoms with Crippen molar-refractivity contribution in [1.29, 1.82) is 0 Å². The summed E-state index contributed by atoms with van der Waals surface area (Å²) in [6.07, 6.45) is 4.35. The summed E-state index contributed by atoms with van der Waals surface area (Å²) in [6, 6.07) is 0.693. The summed E-state index contributed by atoms with van der Waals surface area (Å²) < 4.78 is 5.49. The Morgan fingerprint density at radius 3 is 3.22 bits per heavy atom. The van der Waals surface area contributed by atoms with Crippen LogP contribution in [0.3, 0.4) is 0 Å². The van der Waals surface area contributed by atoms with Gasteiger partial charge in [-0.25, -0.2) is 0 Å². The Hall–Kier alpha value is -0.0800. The molecule has 0 unspecified atom stereocenters. The van der Waals surface area contributed by atoms with Gasteiger partial charge in [-0.15, -0.1) is 0 Å². The highest BCUT2D eigenvalue weighted by molar-refractivity contribution is 4.85. The second kappa shape index (κ2) is 2.27. The van der Waals surface area contributed by atoms with Gasteiger partial charge in [0, 0.05) is 12.6 Å². The molecule has 2 heterocycles. The van der Waals surface area contributed by atoms with E-state index in [2.05, 4.69) is 5.32 Å². The summed E-state index contributed by atoms with van der Waals surface area (Å²) in [4.78, 5) is 0. The largest absolute Gasteiger partial charge is 0.377 e. The first kappa shape index (κ1) is 5.69. The molecule has 2 fully saturated rings. The highest BCUT2D eigenvalue weighted by Crippen LogP contribution is 2.20. The molecule has 0 radical (unpaired) electrons. The van der Waals surface area contributed by atoms with E-state index in [4.69, 9.17) is 4.74 Å². The zero-order valence-corrected chi connectivity index (χ0v) is 5.60. The predicted octanol–water partition coefficient (Wildman–Crippen LogP) is 0.527. The number of piperidine rings is 1. The minimum Gasteiger partial charge on any atom is -0.377 e. The van der Waals surface area contributed by atoms with Crippen LogP contribution in [0.1, 0.15) is 19.3 Å². The van der Waals surface area contributed by atoms with E-state index >= 15 is 0 Å². The third kappa shape index (κ3) is 0.970. The lowest BCUT2D eigenvalue weighted by molar-refractivity contribution is 0.0789. The Morgan fingerprint density at radius 2 is 2.33 bits per heavy atom. The smallest absolute Gasteiger partial charge is 0.0729 e. The lowest BCUT2D eigenvalue weighted by Gasteiger charge is -2.24. The molecule has 2 heteroatoms. The van der Waals surface area contributed by atoms with E-state index < -0.39 is 0 Å². The van der Waals surface area contributed by atoms with Crippen molar-refractivity contribution < 1.29 is 4.74 Å². The molecule has 2 aliphatic rings. The predicted molar refractivity (Wildman–Crippen MR) is 35.4 cm³/mol. The molecular formula is C7H13NO. The van der Waals surface area contributed by atoms with E-state index in [-0.39, 0.29) is 0 Å². The highest BCUT2D eigenvalue weighted by atomic mass is 16.5. The van der Waals surface area contributed by atoms with Crippen LogP contribution in [0.5, 0.6) is 0 Å². The standard InChI is InChI=1S/C7H13NO/c1-2-7-6(8-4-1)3-5-9-7/h6-8H,1-5H2/t6-,7+/m0/s1. The van der Waals surface area contributed by atoms with Crippen molar-refractivity contribution in [3.63, 3.8) is 0 Å². The second-order valence-electron chi connectivity index (χ2n) is 2.90. The maximum absolute atomic E-state index is 5.49. The van der Waals surface area contributed by atoms with E-state index in [1.54, 1.807) is 0 Å². The Morgan fingerprint density at radius 1 is 1.33 bits per heavy atom. The highest BCUT2D eigenvalue weighted by Gasteiger charge is 2.29. The lowest BCUT2D eigenvalue weighted by atomic mass is 10.0. The van der Waals surface area contributed by atoms with Gasteiger partial charge in [-0.3, -0.25) is 0 Å². The Balaban J connectivity index is 1.97. The summed E-state index contributed by atoms with van der Waals surface area (Å²) in [6.45, 7) is 2.17. The lowest BCUT2D eigenvalue weighted by Crippen LogP contribution is -2.41. The zero-order chi connectivity index (χ0) is 6.10. The molecule has 0 bridgehead atoms. The summed E-state index contributed by atoms with van der Waals surface area (Å²) in [5.74, 6) is 0. The average molecular weight is 127 g/mol. The number of fused-ring (bicyclic) bond motifs is 1. The first-order valence-corrected chi connectivity index (χ1v) is 3.82. The average Bonchev–Trinajstić information content (AvgIpc) is 2.33. The van der Waals surface area contributed by atoms with Gasteiger partial charge in [-0.05, 0) is 25.8 Å². The molecule has 0 aliphatic carbocycles. The van der Waals surface area contributed by atoms with Crippen LogP contribution >= 0.6 is 0 Å². The van der Waals surface area contributed by atoms with E-state index in [0.717, 1.165) is 6.61 Å². The number of rotatable bonds is 0. The first-order chi connectivity index (χ1) is 4.47. The van der Waals surface area contributed by atoms with Gasteiger partial charge in [-0.2, -0.15) is 0 Å². The molecule has 0 spiro atoms. The maximum atomic E-state index is 5.49. The SMILES string of the molecule is C1CN[C@H]2CCO[C@@H]2C1. The van der Waals surface area contributed by atoms with Gasteiger partial charge >= 0.3 is 0 Å². The van der Waals surface area contributed by atoms with Crippen LogP contribution in [-0.4, -0.2) is 25.3 Å². The van der Waals surface area contributed by atoms with Crippen LogP contribution in [-0.2, 0) is 4.74 Å². The monoisotopic (exact) mass is 127 g/mol. The van der Waals surface area contributed by atoms with Gasteiger partial charge in [0.15, 0.2) is 0 Å². The summed E-state index contributed by atoms with van der Waals surface area (Å²) in [5, 5.41) is 3.46. The minimum atomic E-state index is 0.554. The molecule has 0 saturated carbocycles. The maximum Gasteiger partial charge on any atom is 0.0729 e. The molecule has 1 N–H and O–H groups in total. The van der Waals surface area contributed by atoms with Gasteiger partial charge in [0.25, 0.3) is 0 Å². The first-order valence-electron chi connectivity index (χ1n) is 3.82. The van der Waals surface area contributed by atoms with Gasteiger partial charge < -0.3 is 10.1 Å². The van der Waals surface area contributed by atoms with Crippen molar-refractivity contribution in [1.82, 2.24) is 5.32 Å². The fourth-order valence-electron chi connectivity index (χ4n) is 1.76. The van der Waals surface area contributed by atoms with Gasteiger partial charge in [0.2, 0.25) is 0 Å². The van der Waals surface area contributed by atoms with Crippen LogP contribution in [0.2, 0.25) is 0 Å². The van der Waals surface area contributed by atoms with Crippen molar-refractivity contribution in [2.24, 2.45) is 0 Å². The van der Waals surface area contributed by atoms with Crippen molar-refractivity contribution in [2.75, 3.05) is 13.2 Å². The van der Waals surface area contributed by atoms with Crippen LogP contribution in [0, 0.1) is 0 Å². The number of ether oxygens (including phenoxy) is 1. The molecule has 9 heavy (non-hydrogen) atoms. The van der Waals surface area contributed by atoms with Crippen LogP contribution < -0.4 is 5.32 Å². The fraction of sp³-hybridized carbons (Fsp3) is 1.00. The summed E-state index contributed by atoms with van der Waals surface area (Å²) >= 11 is 0. The summed E-state index contributed by atoms with van der Waals surface area (Å²) in [5.41, 5.74) is 0. The van der Waals surface area contributed by atoms with Gasteiger partial charge in [-0.1, -0.05) is 0 Å². The number of hydrogen-bond donors (Lipinski definition) is 1. The Bertz CT molecular complexity index is 93.1. The molecule has 2 saturated heterocycles. The van der Waals surface area contributed by atoms with Gasteiger partial charge in [0.1, 0.15) is 0 Å². The van der Waals surface area contributed by atoms with Gasteiger partial charge in [0.05, 0.1) is 6.10 Å². The molecule has 52 valence electrons. The summed E-state index contributed by atoms with van der Waals surface area (Å²) in [7, 11) is 0. The molecule has 2 nitrogen and oxygen atoms in total. The number of hydrogen-bond acceptors (Lipinski definition) is 2. The van der Waals surface area contributed by atoms with Crippen molar-refractivity contribution >= 4 is 0 Å². The van der Waals surface area contributed by atoms with Crippen LogP contribution in [0.15, 0.2) is 0 Å². The molecule has 2 atom stereocenters. The van der Waals surface area contributed by atoms with E-state index in [0.29, 0.717) is 12.1 Å². The molecule has 2 aliphatic heterocycles.